The van der Waals surface area contributed by atoms with Crippen LogP contribution < -0.4 is 5.32 Å². The lowest BCUT2D eigenvalue weighted by Gasteiger charge is -2.25. The first-order valence-corrected chi connectivity index (χ1v) is 9.72. The number of likely N-dealkylation sites (N-methyl/N-ethyl adjacent to an activating group) is 1. The number of nitrogens with one attached hydrogen (secondary N) is 1. The van der Waals surface area contributed by atoms with Gasteiger partial charge in [-0.15, -0.1) is 0 Å². The number of carbonyl (C=O) groups is 1. The summed E-state index contributed by atoms with van der Waals surface area (Å²) in [7, 11) is -3.09. The lowest BCUT2D eigenvalue weighted by atomic mass is 10.1. The highest BCUT2D eigenvalue weighted by atomic mass is 32.2. The summed E-state index contributed by atoms with van der Waals surface area (Å²) in [5, 5.41) is 12.5. The topological polar surface area (TPSA) is 104 Å². The van der Waals surface area contributed by atoms with Crippen LogP contribution in [-0.4, -0.2) is 71.9 Å². The van der Waals surface area contributed by atoms with E-state index in [9.17, 15) is 22.5 Å². The SMILES string of the molecule is C[C@H](CS(C)=O)C(=O)N[C@@H](C)[C@H](O)CN(C)S(C)(=O)=O. The molecule has 2 N–H and O–H groups in total. The molecule has 0 heterocycles. The molecule has 0 aromatic heterocycles. The molecule has 0 aliphatic rings. The fraction of sp³-hybridized carbons (Fsp3) is 0.909. The molecule has 0 aromatic carbocycles. The highest BCUT2D eigenvalue weighted by molar-refractivity contribution is 7.88. The molecule has 20 heavy (non-hydrogen) atoms. The Hall–Kier alpha value is -0.510. The van der Waals surface area contributed by atoms with Crippen LogP contribution in [-0.2, 0) is 25.6 Å². The quantitative estimate of drug-likeness (QED) is 0.580. The van der Waals surface area contributed by atoms with Crippen LogP contribution in [0, 0.1) is 5.92 Å². The second-order valence-corrected chi connectivity index (χ2v) is 8.62. The van der Waals surface area contributed by atoms with E-state index in [0.717, 1.165) is 10.6 Å². The van der Waals surface area contributed by atoms with Crippen LogP contribution in [0.5, 0.6) is 0 Å². The van der Waals surface area contributed by atoms with Crippen molar-refractivity contribution in [3.8, 4) is 0 Å². The van der Waals surface area contributed by atoms with Crippen LogP contribution in [0.4, 0.5) is 0 Å². The molecule has 0 saturated carbocycles. The molecule has 0 aromatic rings. The van der Waals surface area contributed by atoms with Crippen LogP contribution in [0.3, 0.4) is 0 Å². The first-order valence-electron chi connectivity index (χ1n) is 6.15. The second kappa shape index (κ2) is 8.06. The lowest BCUT2D eigenvalue weighted by Crippen LogP contribution is -2.48. The summed E-state index contributed by atoms with van der Waals surface area (Å²) in [6.45, 7) is 3.14. The molecule has 1 amide bonds. The van der Waals surface area contributed by atoms with Gasteiger partial charge in [0.05, 0.1) is 18.4 Å². The number of carbonyl (C=O) groups excluding carboxylic acids is 1. The molecule has 0 aliphatic carbocycles. The highest BCUT2D eigenvalue weighted by Gasteiger charge is 2.24. The average Bonchev–Trinajstić information content (AvgIpc) is 2.26. The Bertz CT molecular complexity index is 452. The molecule has 4 atom stereocenters. The Morgan fingerprint density at radius 1 is 1.40 bits per heavy atom. The van der Waals surface area contributed by atoms with Crippen molar-refractivity contribution in [1.82, 2.24) is 9.62 Å². The van der Waals surface area contributed by atoms with E-state index in [1.54, 1.807) is 13.8 Å². The number of hydrogen-bond acceptors (Lipinski definition) is 5. The summed E-state index contributed by atoms with van der Waals surface area (Å²) in [6, 6.07) is -0.598. The van der Waals surface area contributed by atoms with Gasteiger partial charge in [0.25, 0.3) is 0 Å². The zero-order valence-electron chi connectivity index (χ0n) is 12.5. The Labute approximate surface area is 123 Å². The molecule has 0 aliphatic heterocycles. The normalized spacial score (nSPS) is 18.4. The molecule has 0 bridgehead atoms. The van der Waals surface area contributed by atoms with Gasteiger partial charge in [0, 0.05) is 42.3 Å². The number of aliphatic hydroxyl groups excluding tert-OH is 1. The predicted molar refractivity (Wildman–Crippen MR) is 79.2 cm³/mol. The minimum atomic E-state index is -3.37. The number of amides is 1. The van der Waals surface area contributed by atoms with Crippen LogP contribution in [0.2, 0.25) is 0 Å². The fourth-order valence-corrected chi connectivity index (χ4v) is 2.73. The standard InChI is InChI=1S/C11H24N2O5S2/c1-8(7-19(4)16)11(15)12-9(2)10(14)6-13(3)20(5,17)18/h8-10,14H,6-7H2,1-5H3,(H,12,15)/t8-,9+,10-,19?/m1/s1. The van der Waals surface area contributed by atoms with E-state index < -0.39 is 38.9 Å². The van der Waals surface area contributed by atoms with Gasteiger partial charge in [0.2, 0.25) is 15.9 Å². The Morgan fingerprint density at radius 2 is 1.90 bits per heavy atom. The molecule has 0 rings (SSSR count). The van der Waals surface area contributed by atoms with Crippen molar-refractivity contribution in [3.05, 3.63) is 0 Å². The predicted octanol–water partition coefficient (Wildman–Crippen LogP) is -1.24. The largest absolute Gasteiger partial charge is 0.390 e. The van der Waals surface area contributed by atoms with Gasteiger partial charge in [0.15, 0.2) is 0 Å². The molecule has 7 nitrogen and oxygen atoms in total. The molecular formula is C11H24N2O5S2. The monoisotopic (exact) mass is 328 g/mol. The maximum atomic E-state index is 11.8. The third-order valence-electron chi connectivity index (χ3n) is 2.89. The van der Waals surface area contributed by atoms with E-state index in [2.05, 4.69) is 5.32 Å². The Kier molecular flexibility index (Phi) is 7.85. The van der Waals surface area contributed by atoms with Crippen molar-refractivity contribution in [3.63, 3.8) is 0 Å². The summed E-state index contributed by atoms with van der Waals surface area (Å²) in [5.74, 6) is -0.491. The Balaban J connectivity index is 4.43. The number of aliphatic hydroxyl groups is 1. The highest BCUT2D eigenvalue weighted by Crippen LogP contribution is 2.03. The first-order chi connectivity index (χ1) is 8.95. The summed E-state index contributed by atoms with van der Waals surface area (Å²) < 4.78 is 34.5. The molecule has 0 spiro atoms. The maximum absolute atomic E-state index is 11.8. The van der Waals surface area contributed by atoms with Crippen molar-refractivity contribution in [2.45, 2.75) is 26.0 Å². The summed E-state index contributed by atoms with van der Waals surface area (Å²) in [6.07, 6.45) is 1.54. The zero-order chi connectivity index (χ0) is 16.1. The van der Waals surface area contributed by atoms with Crippen LogP contribution >= 0.6 is 0 Å². The van der Waals surface area contributed by atoms with Crippen molar-refractivity contribution >= 4 is 26.7 Å². The van der Waals surface area contributed by atoms with Gasteiger partial charge in [0.1, 0.15) is 0 Å². The molecule has 0 fully saturated rings. The molecule has 9 heteroatoms. The third kappa shape index (κ3) is 7.32. The van der Waals surface area contributed by atoms with E-state index in [0.29, 0.717) is 0 Å². The van der Waals surface area contributed by atoms with E-state index in [-0.39, 0.29) is 18.2 Å². The molecule has 120 valence electrons. The van der Waals surface area contributed by atoms with Gasteiger partial charge in [-0.25, -0.2) is 12.7 Å². The number of hydrogen-bond donors (Lipinski definition) is 2. The zero-order valence-corrected chi connectivity index (χ0v) is 14.1. The summed E-state index contributed by atoms with van der Waals surface area (Å²) >= 11 is 0. The molecule has 0 saturated heterocycles. The van der Waals surface area contributed by atoms with Crippen LogP contribution in [0.1, 0.15) is 13.8 Å². The lowest BCUT2D eigenvalue weighted by molar-refractivity contribution is -0.125. The Morgan fingerprint density at radius 3 is 2.30 bits per heavy atom. The van der Waals surface area contributed by atoms with Crippen molar-refractivity contribution < 1.29 is 22.5 Å². The van der Waals surface area contributed by atoms with Gasteiger partial charge < -0.3 is 10.4 Å². The average molecular weight is 328 g/mol. The van der Waals surface area contributed by atoms with Gasteiger partial charge in [-0.05, 0) is 6.92 Å². The van der Waals surface area contributed by atoms with E-state index in [1.165, 1.54) is 13.3 Å². The first kappa shape index (κ1) is 19.5. The van der Waals surface area contributed by atoms with Crippen molar-refractivity contribution in [1.29, 1.82) is 0 Å². The van der Waals surface area contributed by atoms with E-state index >= 15 is 0 Å². The van der Waals surface area contributed by atoms with Gasteiger partial charge in [-0.2, -0.15) is 0 Å². The van der Waals surface area contributed by atoms with E-state index in [4.69, 9.17) is 0 Å². The van der Waals surface area contributed by atoms with Gasteiger partial charge >= 0.3 is 0 Å². The number of nitrogens with zero attached hydrogens (tertiary/aromatic N) is 1. The van der Waals surface area contributed by atoms with Crippen molar-refractivity contribution in [2.24, 2.45) is 5.92 Å². The molecule has 0 radical (unpaired) electrons. The summed E-state index contributed by atoms with van der Waals surface area (Å²) in [4.78, 5) is 11.8. The minimum Gasteiger partial charge on any atom is -0.390 e. The van der Waals surface area contributed by atoms with Gasteiger partial charge in [-0.3, -0.25) is 9.00 Å². The smallest absolute Gasteiger partial charge is 0.224 e. The fourth-order valence-electron chi connectivity index (χ4n) is 1.45. The summed E-state index contributed by atoms with van der Waals surface area (Å²) in [5.41, 5.74) is 0. The molecule has 1 unspecified atom stereocenters. The minimum absolute atomic E-state index is 0.103. The number of sulfonamides is 1. The van der Waals surface area contributed by atoms with Crippen molar-refractivity contribution in [2.75, 3.05) is 31.9 Å². The molecular weight excluding hydrogens is 304 g/mol. The second-order valence-electron chi connectivity index (χ2n) is 5.05. The van der Waals surface area contributed by atoms with Crippen LogP contribution in [0.25, 0.3) is 0 Å². The number of rotatable bonds is 8. The third-order valence-corrected chi connectivity index (χ3v) is 5.14. The van der Waals surface area contributed by atoms with Gasteiger partial charge in [-0.1, -0.05) is 6.92 Å². The van der Waals surface area contributed by atoms with Crippen LogP contribution in [0.15, 0.2) is 0 Å². The maximum Gasteiger partial charge on any atom is 0.224 e. The van der Waals surface area contributed by atoms with E-state index in [1.807, 2.05) is 0 Å².